The molecule has 144 valence electrons. The Morgan fingerprint density at radius 2 is 1.81 bits per heavy atom. The molecule has 0 aliphatic heterocycles. The number of amides is 1. The molecule has 0 bridgehead atoms. The van der Waals surface area contributed by atoms with Gasteiger partial charge < -0.3 is 14.8 Å². The summed E-state index contributed by atoms with van der Waals surface area (Å²) >= 11 is 5.24. The van der Waals surface area contributed by atoms with Crippen LogP contribution in [0, 0.1) is 5.92 Å². The number of thiocarbonyl (C=S) groups is 1. The average molecular weight is 387 g/mol. The molecule has 0 atom stereocenters. The first kappa shape index (κ1) is 20.7. The molecule has 27 heavy (non-hydrogen) atoms. The van der Waals surface area contributed by atoms with Crippen molar-refractivity contribution in [2.75, 3.05) is 18.5 Å². The van der Waals surface area contributed by atoms with Crippen molar-refractivity contribution in [3.63, 3.8) is 0 Å². The van der Waals surface area contributed by atoms with Gasteiger partial charge in [0.1, 0.15) is 11.5 Å². The third-order valence-corrected chi connectivity index (χ3v) is 3.70. The molecule has 0 aliphatic rings. The number of hydrogen-bond donors (Lipinski definition) is 2. The number of hydrogen-bond acceptors (Lipinski definition) is 4. The monoisotopic (exact) mass is 386 g/mol. The maximum absolute atomic E-state index is 12.3. The van der Waals surface area contributed by atoms with Gasteiger partial charge in [-0.1, -0.05) is 26.8 Å². The van der Waals surface area contributed by atoms with Crippen molar-refractivity contribution in [3.05, 3.63) is 54.1 Å². The summed E-state index contributed by atoms with van der Waals surface area (Å²) in [5, 5.41) is 5.91. The van der Waals surface area contributed by atoms with E-state index in [9.17, 15) is 4.79 Å². The summed E-state index contributed by atoms with van der Waals surface area (Å²) in [5.74, 6) is 1.67. The molecule has 0 aromatic heterocycles. The fourth-order valence-electron chi connectivity index (χ4n) is 2.19. The van der Waals surface area contributed by atoms with Crippen LogP contribution in [-0.2, 0) is 0 Å². The molecule has 2 N–H and O–H groups in total. The first-order valence-corrected chi connectivity index (χ1v) is 9.46. The van der Waals surface area contributed by atoms with E-state index < -0.39 is 0 Å². The van der Waals surface area contributed by atoms with Crippen LogP contribution < -0.4 is 20.1 Å². The Bertz CT molecular complexity index is 760. The van der Waals surface area contributed by atoms with E-state index in [1.54, 1.807) is 24.3 Å². The van der Waals surface area contributed by atoms with Gasteiger partial charge in [-0.05, 0) is 61.0 Å². The van der Waals surface area contributed by atoms with Gasteiger partial charge in [-0.25, -0.2) is 0 Å². The molecule has 5 nitrogen and oxygen atoms in total. The SMILES string of the molecule is CCCOc1ccc(C(=O)NC(=S)Nc2cccc(OCC(C)C)c2)cc1. The summed E-state index contributed by atoms with van der Waals surface area (Å²) in [7, 11) is 0. The number of carbonyl (C=O) groups excluding carboxylic acids is 1. The molecule has 0 unspecified atom stereocenters. The highest BCUT2D eigenvalue weighted by atomic mass is 32.1. The molecule has 0 heterocycles. The number of anilines is 1. The van der Waals surface area contributed by atoms with E-state index >= 15 is 0 Å². The topological polar surface area (TPSA) is 59.6 Å². The second-order valence-electron chi connectivity index (χ2n) is 6.51. The Morgan fingerprint density at radius 3 is 2.48 bits per heavy atom. The largest absolute Gasteiger partial charge is 0.494 e. The fraction of sp³-hybridized carbons (Fsp3) is 0.333. The third kappa shape index (κ3) is 7.27. The van der Waals surface area contributed by atoms with Gasteiger partial charge in [0.05, 0.1) is 13.2 Å². The maximum Gasteiger partial charge on any atom is 0.257 e. The molecule has 2 aromatic carbocycles. The van der Waals surface area contributed by atoms with Crippen molar-refractivity contribution in [3.8, 4) is 11.5 Å². The molecule has 6 heteroatoms. The van der Waals surface area contributed by atoms with E-state index in [0.29, 0.717) is 24.7 Å². The van der Waals surface area contributed by atoms with Gasteiger partial charge in [-0.15, -0.1) is 0 Å². The Kier molecular flexibility index (Phi) is 8.07. The average Bonchev–Trinajstić information content (AvgIpc) is 2.65. The van der Waals surface area contributed by atoms with E-state index in [2.05, 4.69) is 24.5 Å². The van der Waals surface area contributed by atoms with E-state index in [1.807, 2.05) is 31.2 Å². The number of benzene rings is 2. The first-order valence-electron chi connectivity index (χ1n) is 9.06. The summed E-state index contributed by atoms with van der Waals surface area (Å²) in [6, 6.07) is 14.4. The predicted molar refractivity (Wildman–Crippen MR) is 113 cm³/mol. The van der Waals surface area contributed by atoms with Gasteiger partial charge in [0.2, 0.25) is 0 Å². The normalized spacial score (nSPS) is 10.4. The van der Waals surface area contributed by atoms with Crippen molar-refractivity contribution in [1.82, 2.24) is 5.32 Å². The summed E-state index contributed by atoms with van der Waals surface area (Å²) in [5.41, 5.74) is 1.27. The van der Waals surface area contributed by atoms with Crippen LogP contribution in [0.4, 0.5) is 5.69 Å². The predicted octanol–water partition coefficient (Wildman–Crippen LogP) is 4.64. The molecule has 0 spiro atoms. The van der Waals surface area contributed by atoms with Crippen molar-refractivity contribution in [2.45, 2.75) is 27.2 Å². The Balaban J connectivity index is 1.89. The number of nitrogens with one attached hydrogen (secondary N) is 2. The zero-order chi connectivity index (χ0) is 19.6. The van der Waals surface area contributed by atoms with Gasteiger partial charge in [0, 0.05) is 17.3 Å². The van der Waals surface area contributed by atoms with Gasteiger partial charge in [0.25, 0.3) is 5.91 Å². The van der Waals surface area contributed by atoms with Crippen LogP contribution in [0.25, 0.3) is 0 Å². The maximum atomic E-state index is 12.3. The highest BCUT2D eigenvalue weighted by molar-refractivity contribution is 7.80. The quantitative estimate of drug-likeness (QED) is 0.648. The van der Waals surface area contributed by atoms with Crippen LogP contribution in [0.3, 0.4) is 0 Å². The highest BCUT2D eigenvalue weighted by Gasteiger charge is 2.09. The van der Waals surface area contributed by atoms with Crippen LogP contribution in [0.5, 0.6) is 11.5 Å². The van der Waals surface area contributed by atoms with Gasteiger partial charge >= 0.3 is 0 Å². The number of ether oxygens (including phenoxy) is 2. The lowest BCUT2D eigenvalue weighted by Crippen LogP contribution is -2.34. The summed E-state index contributed by atoms with van der Waals surface area (Å²) < 4.78 is 11.2. The van der Waals surface area contributed by atoms with E-state index in [4.69, 9.17) is 21.7 Å². The first-order chi connectivity index (χ1) is 13.0. The van der Waals surface area contributed by atoms with Crippen LogP contribution in [0.2, 0.25) is 0 Å². The minimum Gasteiger partial charge on any atom is -0.494 e. The Hall–Kier alpha value is -2.60. The Morgan fingerprint density at radius 1 is 1.07 bits per heavy atom. The van der Waals surface area contributed by atoms with E-state index in [0.717, 1.165) is 23.6 Å². The van der Waals surface area contributed by atoms with Gasteiger partial charge in [-0.3, -0.25) is 10.1 Å². The molecular weight excluding hydrogens is 360 g/mol. The van der Waals surface area contributed by atoms with Crippen LogP contribution in [0.15, 0.2) is 48.5 Å². The molecule has 2 aromatic rings. The standard InChI is InChI=1S/C21H26N2O3S/c1-4-12-25-18-10-8-16(9-11-18)20(24)23-21(27)22-17-6-5-7-19(13-17)26-14-15(2)3/h5-11,13,15H,4,12,14H2,1-3H3,(H2,22,23,24,27). The van der Waals surface area contributed by atoms with Crippen LogP contribution >= 0.6 is 12.2 Å². The summed E-state index contributed by atoms with van der Waals surface area (Å²) in [4.78, 5) is 12.3. The van der Waals surface area contributed by atoms with Gasteiger partial charge in [0.15, 0.2) is 5.11 Å². The second-order valence-corrected chi connectivity index (χ2v) is 6.92. The third-order valence-electron chi connectivity index (χ3n) is 3.49. The summed E-state index contributed by atoms with van der Waals surface area (Å²) in [6.45, 7) is 7.52. The molecule has 2 rings (SSSR count). The van der Waals surface area contributed by atoms with Crippen molar-refractivity contribution >= 4 is 28.9 Å². The number of carbonyl (C=O) groups is 1. The van der Waals surface area contributed by atoms with Crippen LogP contribution in [-0.4, -0.2) is 24.2 Å². The fourth-order valence-corrected chi connectivity index (χ4v) is 2.40. The lowest BCUT2D eigenvalue weighted by molar-refractivity contribution is 0.0977. The number of rotatable bonds is 8. The van der Waals surface area contributed by atoms with Crippen molar-refractivity contribution in [2.24, 2.45) is 5.92 Å². The molecule has 0 fully saturated rings. The highest BCUT2D eigenvalue weighted by Crippen LogP contribution is 2.18. The zero-order valence-corrected chi connectivity index (χ0v) is 16.8. The van der Waals surface area contributed by atoms with Crippen LogP contribution in [0.1, 0.15) is 37.6 Å². The minimum atomic E-state index is -0.276. The minimum absolute atomic E-state index is 0.229. The molecule has 0 saturated heterocycles. The molecular formula is C21H26N2O3S. The lowest BCUT2D eigenvalue weighted by Gasteiger charge is -2.12. The molecule has 0 radical (unpaired) electrons. The Labute approximate surface area is 166 Å². The zero-order valence-electron chi connectivity index (χ0n) is 16.0. The molecule has 0 aliphatic carbocycles. The summed E-state index contributed by atoms with van der Waals surface area (Å²) in [6.07, 6.45) is 0.936. The smallest absolute Gasteiger partial charge is 0.257 e. The molecule has 0 saturated carbocycles. The molecule has 1 amide bonds. The lowest BCUT2D eigenvalue weighted by atomic mass is 10.2. The van der Waals surface area contributed by atoms with Crippen molar-refractivity contribution in [1.29, 1.82) is 0 Å². The second kappa shape index (κ2) is 10.5. The van der Waals surface area contributed by atoms with E-state index in [1.165, 1.54) is 0 Å². The van der Waals surface area contributed by atoms with Crippen molar-refractivity contribution < 1.29 is 14.3 Å². The van der Waals surface area contributed by atoms with E-state index in [-0.39, 0.29) is 11.0 Å². The van der Waals surface area contributed by atoms with Gasteiger partial charge in [-0.2, -0.15) is 0 Å².